The third-order valence-electron chi connectivity index (χ3n) is 1.53. The first-order valence-electron chi connectivity index (χ1n) is 3.79. The lowest BCUT2D eigenvalue weighted by atomic mass is 10.3. The van der Waals surface area contributed by atoms with Crippen molar-refractivity contribution in [2.75, 3.05) is 0 Å². The number of hydrogen-bond donors (Lipinski definition) is 2. The highest BCUT2D eigenvalue weighted by atomic mass is 32.1. The quantitative estimate of drug-likeness (QED) is 0.512. The van der Waals surface area contributed by atoms with Gasteiger partial charge < -0.3 is 11.1 Å². The maximum absolute atomic E-state index is 5.68. The Hall–Kier alpha value is -1.09. The maximum atomic E-state index is 5.68. The van der Waals surface area contributed by atoms with Crippen LogP contribution in [0.1, 0.15) is 13.3 Å². The molecule has 0 unspecified atom stereocenters. The number of nitrogens with one attached hydrogen (secondary N) is 1. The van der Waals surface area contributed by atoms with Crippen molar-refractivity contribution in [1.82, 2.24) is 5.32 Å². The van der Waals surface area contributed by atoms with E-state index in [0.717, 1.165) is 22.7 Å². The maximum Gasteiger partial charge on any atom is 0.0570 e. The van der Waals surface area contributed by atoms with E-state index in [1.165, 1.54) is 0 Å². The zero-order chi connectivity index (χ0) is 8.97. The van der Waals surface area contributed by atoms with E-state index in [0.29, 0.717) is 0 Å². The monoisotopic (exact) mass is 180 g/mol. The van der Waals surface area contributed by atoms with Gasteiger partial charge in [-0.2, -0.15) is 0 Å². The van der Waals surface area contributed by atoms with Crippen molar-refractivity contribution in [3.63, 3.8) is 0 Å². The number of nitrogens with two attached hydrogens (primary N) is 1. The molecule has 0 aromatic rings. The van der Waals surface area contributed by atoms with Crippen LogP contribution in [0.2, 0.25) is 0 Å². The van der Waals surface area contributed by atoms with Gasteiger partial charge in [0.05, 0.1) is 5.70 Å². The number of rotatable bonds is 3. The molecule has 0 radical (unpaired) electrons. The van der Waals surface area contributed by atoms with Gasteiger partial charge in [0.2, 0.25) is 0 Å². The summed E-state index contributed by atoms with van der Waals surface area (Å²) in [4.78, 5) is 0.851. The van der Waals surface area contributed by atoms with Crippen LogP contribution in [0.25, 0.3) is 0 Å². The Morgan fingerprint density at radius 3 is 3.00 bits per heavy atom. The molecule has 0 atom stereocenters. The lowest BCUT2D eigenvalue weighted by Crippen LogP contribution is -2.08. The summed E-state index contributed by atoms with van der Waals surface area (Å²) in [7, 11) is 0. The SMILES string of the molecule is CC(=S)/C=C\NC1=C(N)CC=C1. The summed E-state index contributed by atoms with van der Waals surface area (Å²) in [6, 6.07) is 0. The van der Waals surface area contributed by atoms with Crippen molar-refractivity contribution in [1.29, 1.82) is 0 Å². The Morgan fingerprint density at radius 1 is 1.75 bits per heavy atom. The number of thiocarbonyl (C=S) groups is 1. The largest absolute Gasteiger partial charge is 0.400 e. The molecule has 0 bridgehead atoms. The second kappa shape index (κ2) is 4.07. The Kier molecular flexibility index (Phi) is 3.05. The van der Waals surface area contributed by atoms with Crippen LogP contribution in [-0.2, 0) is 0 Å². The Balaban J connectivity index is 2.47. The minimum atomic E-state index is 0.840. The van der Waals surface area contributed by atoms with Crippen LogP contribution < -0.4 is 11.1 Å². The van der Waals surface area contributed by atoms with Gasteiger partial charge in [0.25, 0.3) is 0 Å². The average Bonchev–Trinajstić information content (AvgIpc) is 2.36. The summed E-state index contributed by atoms with van der Waals surface area (Å²) in [5.41, 5.74) is 7.53. The molecule has 2 nitrogen and oxygen atoms in total. The zero-order valence-corrected chi connectivity index (χ0v) is 7.82. The molecule has 0 fully saturated rings. The Bertz CT molecular complexity index is 274. The summed E-state index contributed by atoms with van der Waals surface area (Å²) < 4.78 is 0. The summed E-state index contributed by atoms with van der Waals surface area (Å²) in [5.74, 6) is 0. The van der Waals surface area contributed by atoms with Crippen LogP contribution in [0.5, 0.6) is 0 Å². The number of hydrogen-bond acceptors (Lipinski definition) is 3. The van der Waals surface area contributed by atoms with Crippen LogP contribution >= 0.6 is 12.2 Å². The van der Waals surface area contributed by atoms with Crippen molar-refractivity contribution in [3.05, 3.63) is 35.8 Å². The van der Waals surface area contributed by atoms with Crippen molar-refractivity contribution in [3.8, 4) is 0 Å². The Labute approximate surface area is 77.8 Å². The van der Waals surface area contributed by atoms with Gasteiger partial charge in [-0.15, -0.1) is 0 Å². The van der Waals surface area contributed by atoms with Gasteiger partial charge in [-0.25, -0.2) is 0 Å². The van der Waals surface area contributed by atoms with Crippen molar-refractivity contribution in [2.45, 2.75) is 13.3 Å². The van der Waals surface area contributed by atoms with Crippen LogP contribution in [-0.4, -0.2) is 4.86 Å². The molecule has 0 aliphatic heterocycles. The molecule has 0 saturated carbocycles. The van der Waals surface area contributed by atoms with Crippen molar-refractivity contribution in [2.24, 2.45) is 5.73 Å². The number of allylic oxidation sites excluding steroid dienone is 3. The molecule has 0 aromatic heterocycles. The van der Waals surface area contributed by atoms with E-state index in [9.17, 15) is 0 Å². The summed E-state index contributed by atoms with van der Waals surface area (Å²) in [6.07, 6.45) is 8.48. The first-order valence-corrected chi connectivity index (χ1v) is 4.20. The van der Waals surface area contributed by atoms with Gasteiger partial charge in [0, 0.05) is 23.2 Å². The highest BCUT2D eigenvalue weighted by Crippen LogP contribution is 2.10. The highest BCUT2D eigenvalue weighted by molar-refractivity contribution is 7.80. The summed E-state index contributed by atoms with van der Waals surface area (Å²) in [5, 5.41) is 3.06. The molecule has 1 rings (SSSR count). The van der Waals surface area contributed by atoms with Gasteiger partial charge in [0.1, 0.15) is 0 Å². The zero-order valence-electron chi connectivity index (χ0n) is 7.00. The lowest BCUT2D eigenvalue weighted by Gasteiger charge is -2.00. The van der Waals surface area contributed by atoms with Gasteiger partial charge in [-0.3, -0.25) is 0 Å². The summed E-state index contributed by atoms with van der Waals surface area (Å²) >= 11 is 4.87. The van der Waals surface area contributed by atoms with Gasteiger partial charge in [-0.1, -0.05) is 18.3 Å². The first-order chi connectivity index (χ1) is 5.70. The van der Waals surface area contributed by atoms with Gasteiger partial charge in [-0.05, 0) is 19.1 Å². The molecule has 64 valence electrons. The topological polar surface area (TPSA) is 38.0 Å². The Morgan fingerprint density at radius 2 is 2.50 bits per heavy atom. The first kappa shape index (κ1) is 9.00. The van der Waals surface area contributed by atoms with E-state index < -0.39 is 0 Å². The average molecular weight is 180 g/mol. The molecule has 1 aliphatic rings. The fourth-order valence-corrected chi connectivity index (χ4v) is 0.978. The predicted octanol–water partition coefficient (Wildman–Crippen LogP) is 1.61. The van der Waals surface area contributed by atoms with Crippen LogP contribution in [0.15, 0.2) is 35.8 Å². The van der Waals surface area contributed by atoms with Gasteiger partial charge in [0.15, 0.2) is 0 Å². The molecule has 0 spiro atoms. The molecule has 1 aliphatic carbocycles. The fraction of sp³-hybridized carbons (Fsp3) is 0.222. The van der Waals surface area contributed by atoms with E-state index >= 15 is 0 Å². The molecular weight excluding hydrogens is 168 g/mol. The van der Waals surface area contributed by atoms with Crippen LogP contribution in [0.4, 0.5) is 0 Å². The van der Waals surface area contributed by atoms with Crippen LogP contribution in [0.3, 0.4) is 0 Å². The molecular formula is C9H12N2S. The van der Waals surface area contributed by atoms with E-state index in [4.69, 9.17) is 18.0 Å². The third-order valence-corrected chi connectivity index (χ3v) is 1.66. The highest BCUT2D eigenvalue weighted by Gasteiger charge is 2.01. The van der Waals surface area contributed by atoms with E-state index in [1.54, 1.807) is 6.20 Å². The standard InChI is InChI=1S/C9H12N2S/c1-7(12)5-6-11-9-4-2-3-8(9)10/h2,4-6,11H,3,10H2,1H3/b6-5-. The molecule has 0 heterocycles. The van der Waals surface area contributed by atoms with Crippen molar-refractivity contribution >= 4 is 17.1 Å². The lowest BCUT2D eigenvalue weighted by molar-refractivity contribution is 1.05. The molecule has 3 heteroatoms. The predicted molar refractivity (Wildman–Crippen MR) is 55.5 cm³/mol. The second-order valence-corrected chi connectivity index (χ2v) is 3.28. The summed E-state index contributed by atoms with van der Waals surface area (Å²) in [6.45, 7) is 1.87. The van der Waals surface area contributed by atoms with Crippen molar-refractivity contribution < 1.29 is 0 Å². The molecule has 3 N–H and O–H groups in total. The van der Waals surface area contributed by atoms with E-state index in [-0.39, 0.29) is 0 Å². The molecule has 0 aromatic carbocycles. The van der Waals surface area contributed by atoms with Gasteiger partial charge >= 0.3 is 0 Å². The molecule has 12 heavy (non-hydrogen) atoms. The normalized spacial score (nSPS) is 16.1. The minimum absolute atomic E-state index is 0.840. The van der Waals surface area contributed by atoms with E-state index in [1.807, 2.05) is 25.2 Å². The smallest absolute Gasteiger partial charge is 0.0570 e. The van der Waals surface area contributed by atoms with E-state index in [2.05, 4.69) is 5.32 Å². The molecule has 0 amide bonds. The second-order valence-electron chi connectivity index (χ2n) is 2.63. The third kappa shape index (κ3) is 2.51. The minimum Gasteiger partial charge on any atom is -0.400 e. The fourth-order valence-electron chi connectivity index (χ4n) is 0.910. The molecule has 0 saturated heterocycles. The van der Waals surface area contributed by atoms with Crippen LogP contribution in [0, 0.1) is 0 Å².